The fourth-order valence-corrected chi connectivity index (χ4v) is 2.95. The second kappa shape index (κ2) is 6.69. The fraction of sp³-hybridized carbons (Fsp3) is 0.778. The van der Waals surface area contributed by atoms with Crippen molar-refractivity contribution in [3.63, 3.8) is 0 Å². The summed E-state index contributed by atoms with van der Waals surface area (Å²) in [6.45, 7) is 7.39. The third kappa shape index (κ3) is 6.89. The van der Waals surface area contributed by atoms with Crippen LogP contribution in [0.5, 0.6) is 0 Å². The van der Waals surface area contributed by atoms with E-state index in [-0.39, 0.29) is 0 Å². The quantitative estimate of drug-likeness (QED) is 0.602. The van der Waals surface area contributed by atoms with E-state index in [0.29, 0.717) is 6.61 Å². The van der Waals surface area contributed by atoms with Crippen LogP contribution in [0.1, 0.15) is 19.8 Å². The Morgan fingerprint density at radius 2 is 2.08 bits per heavy atom. The van der Waals surface area contributed by atoms with E-state index in [1.165, 1.54) is 24.4 Å². The molecule has 0 bridgehead atoms. The topological polar surface area (TPSA) is 9.23 Å². The van der Waals surface area contributed by atoms with E-state index < -0.39 is 8.32 Å². The van der Waals surface area contributed by atoms with Crippen molar-refractivity contribution in [2.24, 2.45) is 0 Å². The highest BCUT2D eigenvalue weighted by Crippen LogP contribution is 2.14. The lowest BCUT2D eigenvalue weighted by molar-refractivity contribution is 0.350. The minimum absolute atomic E-state index is 0.673. The summed E-state index contributed by atoms with van der Waals surface area (Å²) in [4.78, 5) is 0. The zero-order valence-corrected chi connectivity index (χ0v) is 10.0. The van der Waals surface area contributed by atoms with Gasteiger partial charge in [0.2, 0.25) is 0 Å². The van der Waals surface area contributed by atoms with Crippen LogP contribution in [0.15, 0.2) is 11.6 Å². The zero-order valence-electron chi connectivity index (χ0n) is 8.27. The van der Waals surface area contributed by atoms with Gasteiger partial charge in [0.1, 0.15) is 0 Å². The molecule has 1 nitrogen and oxygen atoms in total. The summed E-state index contributed by atoms with van der Waals surface area (Å²) in [5, 5.41) is 0. The first-order valence-electron chi connectivity index (χ1n) is 4.51. The molecule has 0 radical (unpaired) electrons. The van der Waals surface area contributed by atoms with Crippen LogP contribution in [-0.4, -0.2) is 14.9 Å². The largest absolute Gasteiger partial charge is 0.414 e. The number of rotatable bonds is 6. The summed E-state index contributed by atoms with van der Waals surface area (Å²) in [5.74, 6) is 0. The Hall–Kier alpha value is 0.207. The average molecular weight is 207 g/mol. The second-order valence-corrected chi connectivity index (χ2v) is 8.10. The standard InChI is InChI=1S/C9H19ClOSi/c1-4-5-9-12(2,3)11-8-6-7-10/h6-7H,4-5,8-9H2,1-3H3. The number of halogens is 1. The van der Waals surface area contributed by atoms with Crippen molar-refractivity contribution < 1.29 is 4.43 Å². The molecule has 0 spiro atoms. The molecule has 0 rings (SSSR count). The minimum atomic E-state index is -1.37. The van der Waals surface area contributed by atoms with Gasteiger partial charge in [-0.3, -0.25) is 0 Å². The van der Waals surface area contributed by atoms with Gasteiger partial charge < -0.3 is 4.43 Å². The van der Waals surface area contributed by atoms with E-state index >= 15 is 0 Å². The first-order valence-corrected chi connectivity index (χ1v) is 8.07. The van der Waals surface area contributed by atoms with Gasteiger partial charge in [-0.15, -0.1) is 0 Å². The van der Waals surface area contributed by atoms with E-state index in [1.54, 1.807) is 0 Å². The molecular formula is C9H19ClOSi. The molecule has 0 N–H and O–H groups in total. The Balaban J connectivity index is 3.55. The van der Waals surface area contributed by atoms with Crippen LogP contribution in [0.25, 0.3) is 0 Å². The second-order valence-electron chi connectivity index (χ2n) is 3.54. The molecule has 0 aliphatic heterocycles. The lowest BCUT2D eigenvalue weighted by Gasteiger charge is -2.21. The molecule has 72 valence electrons. The van der Waals surface area contributed by atoms with Gasteiger partial charge in [0, 0.05) is 5.54 Å². The van der Waals surface area contributed by atoms with Crippen LogP contribution < -0.4 is 0 Å². The molecule has 12 heavy (non-hydrogen) atoms. The van der Waals surface area contributed by atoms with Gasteiger partial charge in [0.25, 0.3) is 0 Å². The molecule has 0 aromatic rings. The first kappa shape index (κ1) is 12.2. The van der Waals surface area contributed by atoms with Crippen molar-refractivity contribution in [2.45, 2.75) is 38.9 Å². The van der Waals surface area contributed by atoms with Gasteiger partial charge in [-0.25, -0.2) is 0 Å². The Kier molecular flexibility index (Phi) is 6.81. The summed E-state index contributed by atoms with van der Waals surface area (Å²) in [6.07, 6.45) is 4.39. The molecule has 0 aromatic carbocycles. The fourth-order valence-electron chi connectivity index (χ4n) is 0.985. The highest BCUT2D eigenvalue weighted by atomic mass is 35.5. The van der Waals surface area contributed by atoms with Crippen molar-refractivity contribution in [2.75, 3.05) is 6.61 Å². The molecule has 0 saturated heterocycles. The van der Waals surface area contributed by atoms with Crippen molar-refractivity contribution in [3.05, 3.63) is 11.6 Å². The van der Waals surface area contributed by atoms with Crippen molar-refractivity contribution in [1.29, 1.82) is 0 Å². The molecule has 0 amide bonds. The normalized spacial score (nSPS) is 12.7. The van der Waals surface area contributed by atoms with E-state index in [9.17, 15) is 0 Å². The lowest BCUT2D eigenvalue weighted by Crippen LogP contribution is -2.29. The van der Waals surface area contributed by atoms with Crippen LogP contribution in [0, 0.1) is 0 Å². The molecule has 0 unspecified atom stereocenters. The molecule has 3 heteroatoms. The van der Waals surface area contributed by atoms with Gasteiger partial charge in [-0.1, -0.05) is 31.4 Å². The third-order valence-corrected chi connectivity index (χ3v) is 4.48. The maximum absolute atomic E-state index is 5.74. The number of hydrogen-bond acceptors (Lipinski definition) is 1. The van der Waals surface area contributed by atoms with Crippen molar-refractivity contribution >= 4 is 19.9 Å². The van der Waals surface area contributed by atoms with E-state index in [0.717, 1.165) is 0 Å². The van der Waals surface area contributed by atoms with Gasteiger partial charge in [0.05, 0.1) is 6.61 Å². The van der Waals surface area contributed by atoms with Crippen molar-refractivity contribution in [3.8, 4) is 0 Å². The Morgan fingerprint density at radius 3 is 2.58 bits per heavy atom. The van der Waals surface area contributed by atoms with Gasteiger partial charge >= 0.3 is 0 Å². The maximum Gasteiger partial charge on any atom is 0.187 e. The summed E-state index contributed by atoms with van der Waals surface area (Å²) < 4.78 is 5.74. The number of unbranched alkanes of at least 4 members (excludes halogenated alkanes) is 1. The lowest BCUT2D eigenvalue weighted by atomic mass is 10.4. The SMILES string of the molecule is CCCC[Si](C)(C)OCC=CCl. The maximum atomic E-state index is 5.74. The summed E-state index contributed by atoms with van der Waals surface area (Å²) in [5.41, 5.74) is 1.52. The molecule has 0 aliphatic rings. The van der Waals surface area contributed by atoms with Gasteiger partial charge in [0.15, 0.2) is 8.32 Å². The molecule has 0 atom stereocenters. The Morgan fingerprint density at radius 1 is 1.42 bits per heavy atom. The molecule has 0 heterocycles. The van der Waals surface area contributed by atoms with Crippen LogP contribution in [0.3, 0.4) is 0 Å². The van der Waals surface area contributed by atoms with E-state index in [1.807, 2.05) is 6.08 Å². The highest BCUT2D eigenvalue weighted by Gasteiger charge is 2.20. The average Bonchev–Trinajstić information content (AvgIpc) is 2.01. The van der Waals surface area contributed by atoms with Crippen LogP contribution in [-0.2, 0) is 4.43 Å². The molecule has 0 saturated carbocycles. The minimum Gasteiger partial charge on any atom is -0.414 e. The van der Waals surface area contributed by atoms with E-state index in [2.05, 4.69) is 20.0 Å². The molecule has 0 aromatic heterocycles. The van der Waals surface area contributed by atoms with Crippen LogP contribution >= 0.6 is 11.6 Å². The van der Waals surface area contributed by atoms with E-state index in [4.69, 9.17) is 16.0 Å². The third-order valence-electron chi connectivity index (χ3n) is 1.79. The summed E-state index contributed by atoms with van der Waals surface area (Å²) >= 11 is 5.39. The summed E-state index contributed by atoms with van der Waals surface area (Å²) in [6, 6.07) is 1.25. The molecule has 0 fully saturated rings. The van der Waals surface area contributed by atoms with Gasteiger partial charge in [-0.2, -0.15) is 0 Å². The Labute approximate surface area is 81.9 Å². The molecular weight excluding hydrogens is 188 g/mol. The van der Waals surface area contributed by atoms with Crippen LogP contribution in [0.4, 0.5) is 0 Å². The number of hydrogen-bond donors (Lipinski definition) is 0. The molecule has 0 aliphatic carbocycles. The summed E-state index contributed by atoms with van der Waals surface area (Å²) in [7, 11) is -1.37. The predicted molar refractivity (Wildman–Crippen MR) is 58.1 cm³/mol. The zero-order chi connectivity index (χ0) is 9.45. The first-order chi connectivity index (χ1) is 5.62. The monoisotopic (exact) mass is 206 g/mol. The highest BCUT2D eigenvalue weighted by molar-refractivity contribution is 6.71. The Bertz CT molecular complexity index is 134. The van der Waals surface area contributed by atoms with Gasteiger partial charge in [-0.05, 0) is 25.2 Å². The van der Waals surface area contributed by atoms with Crippen molar-refractivity contribution in [1.82, 2.24) is 0 Å². The van der Waals surface area contributed by atoms with Crippen LogP contribution in [0.2, 0.25) is 19.1 Å². The smallest absolute Gasteiger partial charge is 0.187 e. The predicted octanol–water partition coefficient (Wildman–Crippen LogP) is 3.76.